The molecular formula is C21H21Cl2N3O2S. The van der Waals surface area contributed by atoms with Crippen molar-refractivity contribution in [2.24, 2.45) is 0 Å². The molecule has 3 rings (SSSR count). The normalized spacial score (nSPS) is 11.0. The molecule has 29 heavy (non-hydrogen) atoms. The minimum atomic E-state index is -0.128. The predicted octanol–water partition coefficient (Wildman–Crippen LogP) is 4.56. The van der Waals surface area contributed by atoms with Crippen LogP contribution in [0.1, 0.15) is 18.9 Å². The maximum atomic E-state index is 13.1. The van der Waals surface area contributed by atoms with Gasteiger partial charge in [-0.25, -0.2) is 4.98 Å². The number of hydrogen-bond donors (Lipinski definition) is 1. The van der Waals surface area contributed by atoms with E-state index < -0.39 is 0 Å². The third-order valence-electron chi connectivity index (χ3n) is 4.35. The van der Waals surface area contributed by atoms with Crippen LogP contribution in [0.3, 0.4) is 0 Å². The number of thioether (sulfide) groups is 1. The van der Waals surface area contributed by atoms with Gasteiger partial charge >= 0.3 is 0 Å². The molecule has 0 aliphatic rings. The molecule has 0 unspecified atom stereocenters. The Morgan fingerprint density at radius 2 is 2.00 bits per heavy atom. The number of halogens is 2. The number of aromatic nitrogens is 2. The number of hydrogen-bond acceptors (Lipinski definition) is 4. The number of nitrogens with zero attached hydrogens (tertiary/aromatic N) is 2. The van der Waals surface area contributed by atoms with Crippen LogP contribution < -0.4 is 10.9 Å². The lowest BCUT2D eigenvalue weighted by atomic mass is 10.1. The molecule has 5 nitrogen and oxygen atoms in total. The summed E-state index contributed by atoms with van der Waals surface area (Å²) in [6.45, 7) is 3.03. The molecule has 0 atom stereocenters. The number of benzene rings is 2. The molecule has 0 aliphatic heterocycles. The van der Waals surface area contributed by atoms with Gasteiger partial charge in [-0.3, -0.25) is 14.2 Å². The van der Waals surface area contributed by atoms with E-state index in [0.717, 1.165) is 12.0 Å². The summed E-state index contributed by atoms with van der Waals surface area (Å²) in [5, 5.41) is 5.04. The molecule has 1 aromatic heterocycles. The lowest BCUT2D eigenvalue weighted by Gasteiger charge is -2.14. The lowest BCUT2D eigenvalue weighted by molar-refractivity contribution is -0.118. The molecular weight excluding hydrogens is 429 g/mol. The van der Waals surface area contributed by atoms with Crippen LogP contribution in [0.4, 0.5) is 0 Å². The van der Waals surface area contributed by atoms with Crippen molar-refractivity contribution in [2.45, 2.75) is 31.5 Å². The van der Waals surface area contributed by atoms with Gasteiger partial charge in [-0.1, -0.05) is 60.1 Å². The Hall–Kier alpha value is -2.02. The van der Waals surface area contributed by atoms with Crippen LogP contribution in [0.15, 0.2) is 52.4 Å². The van der Waals surface area contributed by atoms with Gasteiger partial charge in [-0.2, -0.15) is 0 Å². The summed E-state index contributed by atoms with van der Waals surface area (Å²) in [7, 11) is 0. The zero-order chi connectivity index (χ0) is 20.8. The molecule has 0 saturated heterocycles. The van der Waals surface area contributed by atoms with E-state index in [1.165, 1.54) is 11.8 Å². The molecule has 0 bridgehead atoms. The van der Waals surface area contributed by atoms with E-state index in [1.807, 2.05) is 25.1 Å². The molecule has 0 spiro atoms. The van der Waals surface area contributed by atoms with Crippen molar-refractivity contribution in [3.05, 3.63) is 68.4 Å². The minimum Gasteiger partial charge on any atom is -0.355 e. The van der Waals surface area contributed by atoms with Gasteiger partial charge in [0.2, 0.25) is 5.91 Å². The van der Waals surface area contributed by atoms with Gasteiger partial charge in [0.25, 0.3) is 5.56 Å². The molecule has 8 heteroatoms. The van der Waals surface area contributed by atoms with E-state index >= 15 is 0 Å². The van der Waals surface area contributed by atoms with Gasteiger partial charge in [0.1, 0.15) is 0 Å². The van der Waals surface area contributed by atoms with Crippen molar-refractivity contribution < 1.29 is 4.79 Å². The van der Waals surface area contributed by atoms with Crippen LogP contribution >= 0.6 is 35.0 Å². The van der Waals surface area contributed by atoms with Crippen LogP contribution in [0.2, 0.25) is 10.0 Å². The van der Waals surface area contributed by atoms with E-state index in [4.69, 9.17) is 23.2 Å². The van der Waals surface area contributed by atoms with Gasteiger partial charge in [0, 0.05) is 23.1 Å². The maximum Gasteiger partial charge on any atom is 0.262 e. The fourth-order valence-corrected chi connectivity index (χ4v) is 4.22. The smallest absolute Gasteiger partial charge is 0.262 e. The van der Waals surface area contributed by atoms with Crippen LogP contribution in [0.25, 0.3) is 10.9 Å². The van der Waals surface area contributed by atoms with E-state index in [9.17, 15) is 9.59 Å². The predicted molar refractivity (Wildman–Crippen MR) is 120 cm³/mol. The third kappa shape index (κ3) is 5.53. The van der Waals surface area contributed by atoms with Crippen molar-refractivity contribution in [2.75, 3.05) is 12.3 Å². The summed E-state index contributed by atoms with van der Waals surface area (Å²) >= 11 is 13.5. The van der Waals surface area contributed by atoms with Gasteiger partial charge < -0.3 is 5.32 Å². The Morgan fingerprint density at radius 3 is 2.76 bits per heavy atom. The average Bonchev–Trinajstić information content (AvgIpc) is 2.71. The van der Waals surface area contributed by atoms with Crippen molar-refractivity contribution in [3.63, 3.8) is 0 Å². The first-order valence-corrected chi connectivity index (χ1v) is 11.1. The molecule has 2 aromatic carbocycles. The monoisotopic (exact) mass is 449 g/mol. The van der Waals surface area contributed by atoms with Crippen molar-refractivity contribution in [3.8, 4) is 0 Å². The number of amides is 1. The van der Waals surface area contributed by atoms with Gasteiger partial charge in [-0.15, -0.1) is 0 Å². The number of para-hydroxylation sites is 1. The molecule has 0 aliphatic carbocycles. The Morgan fingerprint density at radius 1 is 1.21 bits per heavy atom. The standard InChI is InChI=1S/C21H21Cl2N3O2S/c1-2-10-24-19(27)13-29-21-25-18-6-4-3-5-16(18)20(28)26(21)11-9-14-7-8-15(22)12-17(14)23/h3-8,12H,2,9-11,13H2,1H3,(H,24,27). The van der Waals surface area contributed by atoms with Crippen molar-refractivity contribution in [1.29, 1.82) is 0 Å². The van der Waals surface area contributed by atoms with E-state index in [1.54, 1.807) is 28.8 Å². The Kier molecular flexibility index (Phi) is 7.58. The maximum absolute atomic E-state index is 13.1. The summed E-state index contributed by atoms with van der Waals surface area (Å²) in [4.78, 5) is 29.7. The van der Waals surface area contributed by atoms with Crippen LogP contribution in [0.5, 0.6) is 0 Å². The Bertz CT molecular complexity index is 1090. The van der Waals surface area contributed by atoms with Crippen LogP contribution in [-0.4, -0.2) is 27.8 Å². The van der Waals surface area contributed by atoms with Crippen LogP contribution in [-0.2, 0) is 17.8 Å². The van der Waals surface area contributed by atoms with Gasteiger partial charge in [0.05, 0.1) is 16.7 Å². The third-order valence-corrected chi connectivity index (χ3v) is 5.91. The Balaban J connectivity index is 1.89. The summed E-state index contributed by atoms with van der Waals surface area (Å²) < 4.78 is 1.62. The average molecular weight is 450 g/mol. The molecule has 0 fully saturated rings. The summed E-state index contributed by atoms with van der Waals surface area (Å²) in [6, 6.07) is 12.5. The van der Waals surface area contributed by atoms with Gasteiger partial charge in [0.15, 0.2) is 5.16 Å². The number of rotatable bonds is 8. The largest absolute Gasteiger partial charge is 0.355 e. The quantitative estimate of drug-likeness (QED) is 0.404. The molecule has 0 saturated carbocycles. The molecule has 3 aromatic rings. The highest BCUT2D eigenvalue weighted by Crippen LogP contribution is 2.23. The summed E-state index contributed by atoms with van der Waals surface area (Å²) in [6.07, 6.45) is 1.42. The molecule has 0 radical (unpaired) electrons. The first-order valence-electron chi connectivity index (χ1n) is 9.32. The van der Waals surface area contributed by atoms with Crippen molar-refractivity contribution >= 4 is 51.8 Å². The number of fused-ring (bicyclic) bond motifs is 1. The first-order chi connectivity index (χ1) is 14.0. The molecule has 1 heterocycles. The lowest BCUT2D eigenvalue weighted by Crippen LogP contribution is -2.27. The second kappa shape index (κ2) is 10.1. The molecule has 152 valence electrons. The summed E-state index contributed by atoms with van der Waals surface area (Å²) in [5.41, 5.74) is 1.39. The number of carbonyl (C=O) groups excluding carboxylic acids is 1. The van der Waals surface area contributed by atoms with E-state index in [2.05, 4.69) is 10.3 Å². The summed E-state index contributed by atoms with van der Waals surface area (Å²) in [5.74, 6) is 0.124. The zero-order valence-corrected chi connectivity index (χ0v) is 18.3. The van der Waals surface area contributed by atoms with E-state index in [0.29, 0.717) is 45.6 Å². The zero-order valence-electron chi connectivity index (χ0n) is 16.0. The highest BCUT2D eigenvalue weighted by atomic mass is 35.5. The Labute approximate surface area is 183 Å². The molecule has 1 N–H and O–H groups in total. The fraction of sp³-hybridized carbons (Fsp3) is 0.286. The SMILES string of the molecule is CCCNC(=O)CSc1nc2ccccc2c(=O)n1CCc1ccc(Cl)cc1Cl. The molecule has 1 amide bonds. The van der Waals surface area contributed by atoms with Gasteiger partial charge in [-0.05, 0) is 42.7 Å². The highest BCUT2D eigenvalue weighted by Gasteiger charge is 2.14. The van der Waals surface area contributed by atoms with E-state index in [-0.39, 0.29) is 17.2 Å². The second-order valence-electron chi connectivity index (χ2n) is 6.49. The van der Waals surface area contributed by atoms with Crippen LogP contribution in [0, 0.1) is 0 Å². The minimum absolute atomic E-state index is 0.0773. The topological polar surface area (TPSA) is 64.0 Å². The number of nitrogens with one attached hydrogen (secondary N) is 1. The van der Waals surface area contributed by atoms with Crippen molar-refractivity contribution in [1.82, 2.24) is 14.9 Å². The second-order valence-corrected chi connectivity index (χ2v) is 8.28. The first kappa shape index (κ1) is 21.7. The number of aryl methyl sites for hydroxylation is 1. The highest BCUT2D eigenvalue weighted by molar-refractivity contribution is 7.99. The fourth-order valence-electron chi connectivity index (χ4n) is 2.86. The number of carbonyl (C=O) groups is 1.